The average molecular weight is 244 g/mol. The first-order valence-electron chi connectivity index (χ1n) is 5.24. The summed E-state index contributed by atoms with van der Waals surface area (Å²) < 4.78 is 5.58. The summed E-state index contributed by atoms with van der Waals surface area (Å²) in [4.78, 5) is 8.00. The van der Waals surface area contributed by atoms with Gasteiger partial charge in [0.05, 0.1) is 12.4 Å². The van der Waals surface area contributed by atoms with Gasteiger partial charge in [0.25, 0.3) is 0 Å². The molecule has 0 spiro atoms. The number of aromatic nitrogens is 2. The summed E-state index contributed by atoms with van der Waals surface area (Å²) in [6.07, 6.45) is 2.85. The van der Waals surface area contributed by atoms with Crippen LogP contribution < -0.4 is 10.5 Å². The van der Waals surface area contributed by atoms with Gasteiger partial charge in [-0.3, -0.25) is 4.98 Å². The fourth-order valence-electron chi connectivity index (χ4n) is 1.36. The highest BCUT2D eigenvalue weighted by Crippen LogP contribution is 2.22. The van der Waals surface area contributed by atoms with E-state index in [4.69, 9.17) is 15.7 Å². The number of nitrogens with two attached hydrogens (primary N) is 1. The Hall–Kier alpha value is -2.63. The van der Waals surface area contributed by atoms with Gasteiger partial charge in [-0.05, 0) is 18.6 Å². The van der Waals surface area contributed by atoms with E-state index < -0.39 is 0 Å². The lowest BCUT2D eigenvalue weighted by molar-refractivity contribution is 0.318. The second kappa shape index (κ2) is 5.13. The Bertz CT molecular complexity index is 584. The third-order valence-electron chi connectivity index (χ3n) is 2.29. The molecule has 0 fully saturated rings. The van der Waals surface area contributed by atoms with E-state index in [0.29, 0.717) is 5.75 Å². The van der Waals surface area contributed by atoms with Crippen molar-refractivity contribution in [3.05, 3.63) is 47.9 Å². The Morgan fingerprint density at radius 3 is 2.83 bits per heavy atom. The van der Waals surface area contributed by atoms with Gasteiger partial charge in [0.15, 0.2) is 5.84 Å². The van der Waals surface area contributed by atoms with Crippen LogP contribution in [-0.2, 0) is 0 Å². The van der Waals surface area contributed by atoms with Gasteiger partial charge in [0.2, 0.25) is 5.88 Å². The van der Waals surface area contributed by atoms with Gasteiger partial charge in [-0.25, -0.2) is 4.98 Å². The smallest absolute Gasteiger partial charge is 0.238 e. The number of ether oxygens (including phenoxy) is 1. The number of benzene rings is 1. The zero-order chi connectivity index (χ0) is 13.0. The van der Waals surface area contributed by atoms with E-state index in [1.165, 1.54) is 12.4 Å². The van der Waals surface area contributed by atoms with Gasteiger partial charge < -0.3 is 15.7 Å². The largest absolute Gasteiger partial charge is 0.437 e. The van der Waals surface area contributed by atoms with Crippen LogP contribution in [0.5, 0.6) is 11.6 Å². The molecule has 0 atom stereocenters. The van der Waals surface area contributed by atoms with E-state index in [9.17, 15) is 0 Å². The molecule has 18 heavy (non-hydrogen) atoms. The molecule has 0 bridgehead atoms. The minimum Gasteiger partial charge on any atom is -0.437 e. The van der Waals surface area contributed by atoms with Gasteiger partial charge >= 0.3 is 0 Å². The third-order valence-corrected chi connectivity index (χ3v) is 2.29. The first kappa shape index (κ1) is 11.8. The van der Waals surface area contributed by atoms with E-state index in [1.54, 1.807) is 0 Å². The lowest BCUT2D eigenvalue weighted by Gasteiger charge is -2.07. The molecule has 1 aromatic heterocycles. The maximum Gasteiger partial charge on any atom is 0.238 e. The molecule has 0 unspecified atom stereocenters. The third kappa shape index (κ3) is 2.54. The number of aryl methyl sites for hydroxylation is 1. The quantitative estimate of drug-likeness (QED) is 0.371. The Balaban J connectivity index is 2.28. The van der Waals surface area contributed by atoms with Crippen LogP contribution in [-0.4, -0.2) is 21.0 Å². The molecule has 1 aromatic carbocycles. The minimum absolute atomic E-state index is 0.113. The predicted octanol–water partition coefficient (Wildman–Crippen LogP) is 1.67. The van der Waals surface area contributed by atoms with Crippen molar-refractivity contribution < 1.29 is 9.94 Å². The summed E-state index contributed by atoms with van der Waals surface area (Å²) >= 11 is 0. The number of para-hydroxylation sites is 1. The second-order valence-corrected chi connectivity index (χ2v) is 3.60. The number of hydrogen-bond donors (Lipinski definition) is 2. The summed E-state index contributed by atoms with van der Waals surface area (Å²) in [5.74, 6) is 0.856. The standard InChI is InChI=1S/C12H12N4O2/c1-8-4-2-3-5-10(8)18-11-7-14-6-9(15-11)12(13)16-17/h2-7,17H,1H3,(H2,13,16). The summed E-state index contributed by atoms with van der Waals surface area (Å²) in [6, 6.07) is 7.53. The maximum atomic E-state index is 8.57. The molecule has 6 heteroatoms. The fourth-order valence-corrected chi connectivity index (χ4v) is 1.36. The van der Waals surface area contributed by atoms with Crippen LogP contribution in [0.1, 0.15) is 11.3 Å². The molecule has 0 amide bonds. The molecule has 0 aliphatic carbocycles. The van der Waals surface area contributed by atoms with Crippen LogP contribution in [0, 0.1) is 6.92 Å². The second-order valence-electron chi connectivity index (χ2n) is 3.60. The van der Waals surface area contributed by atoms with Crippen molar-refractivity contribution in [2.24, 2.45) is 10.9 Å². The lowest BCUT2D eigenvalue weighted by Crippen LogP contribution is -2.15. The first-order chi connectivity index (χ1) is 8.70. The van der Waals surface area contributed by atoms with Gasteiger partial charge in [-0.15, -0.1) is 0 Å². The first-order valence-corrected chi connectivity index (χ1v) is 5.24. The normalized spacial score (nSPS) is 11.3. The molecule has 6 nitrogen and oxygen atoms in total. The summed E-state index contributed by atoms with van der Waals surface area (Å²) in [7, 11) is 0. The molecule has 0 aliphatic heterocycles. The minimum atomic E-state index is -0.113. The van der Waals surface area contributed by atoms with Crippen molar-refractivity contribution in [1.29, 1.82) is 0 Å². The summed E-state index contributed by atoms with van der Waals surface area (Å²) in [5.41, 5.74) is 6.66. The van der Waals surface area contributed by atoms with Crippen molar-refractivity contribution in [2.45, 2.75) is 6.92 Å². The Labute approximate surface area is 104 Å². The number of hydrogen-bond acceptors (Lipinski definition) is 5. The topological polar surface area (TPSA) is 93.6 Å². The average Bonchev–Trinajstić information content (AvgIpc) is 2.41. The van der Waals surface area contributed by atoms with Crippen LogP contribution in [0.15, 0.2) is 41.8 Å². The molecule has 0 radical (unpaired) electrons. The highest BCUT2D eigenvalue weighted by Gasteiger charge is 2.06. The van der Waals surface area contributed by atoms with Crippen LogP contribution in [0.4, 0.5) is 0 Å². The zero-order valence-corrected chi connectivity index (χ0v) is 9.74. The molecule has 0 aliphatic rings. The highest BCUT2D eigenvalue weighted by atomic mass is 16.5. The summed E-state index contributed by atoms with van der Waals surface area (Å²) in [6.45, 7) is 1.93. The molecular weight excluding hydrogens is 232 g/mol. The van der Waals surface area contributed by atoms with Crippen LogP contribution in [0.2, 0.25) is 0 Å². The van der Waals surface area contributed by atoms with E-state index in [0.717, 1.165) is 5.56 Å². The highest BCUT2D eigenvalue weighted by molar-refractivity contribution is 5.94. The van der Waals surface area contributed by atoms with Crippen molar-refractivity contribution in [3.63, 3.8) is 0 Å². The molecular formula is C12H12N4O2. The number of rotatable bonds is 3. The molecule has 1 heterocycles. The van der Waals surface area contributed by atoms with Crippen LogP contribution >= 0.6 is 0 Å². The Kier molecular flexibility index (Phi) is 3.38. The SMILES string of the molecule is Cc1ccccc1Oc1cncc(/C(N)=N/O)n1. The van der Waals surface area contributed by atoms with Crippen LogP contribution in [0.25, 0.3) is 0 Å². The van der Waals surface area contributed by atoms with Crippen molar-refractivity contribution in [2.75, 3.05) is 0 Å². The number of oxime groups is 1. The molecule has 0 saturated heterocycles. The maximum absolute atomic E-state index is 8.57. The Morgan fingerprint density at radius 2 is 2.11 bits per heavy atom. The molecule has 0 saturated carbocycles. The van der Waals surface area contributed by atoms with E-state index in [2.05, 4.69) is 15.1 Å². The van der Waals surface area contributed by atoms with E-state index >= 15 is 0 Å². The zero-order valence-electron chi connectivity index (χ0n) is 9.74. The fraction of sp³-hybridized carbons (Fsp3) is 0.0833. The van der Waals surface area contributed by atoms with Gasteiger partial charge in [0.1, 0.15) is 11.4 Å². The van der Waals surface area contributed by atoms with E-state index in [1.807, 2.05) is 31.2 Å². The van der Waals surface area contributed by atoms with Gasteiger partial charge in [-0.2, -0.15) is 0 Å². The Morgan fingerprint density at radius 1 is 1.33 bits per heavy atom. The van der Waals surface area contributed by atoms with Crippen molar-refractivity contribution in [1.82, 2.24) is 9.97 Å². The summed E-state index contributed by atoms with van der Waals surface area (Å²) in [5, 5.41) is 11.4. The van der Waals surface area contributed by atoms with Gasteiger partial charge in [0, 0.05) is 0 Å². The van der Waals surface area contributed by atoms with Gasteiger partial charge in [-0.1, -0.05) is 23.4 Å². The van der Waals surface area contributed by atoms with Crippen molar-refractivity contribution in [3.8, 4) is 11.6 Å². The number of nitrogens with zero attached hydrogens (tertiary/aromatic N) is 3. The molecule has 2 aromatic rings. The monoisotopic (exact) mass is 244 g/mol. The lowest BCUT2D eigenvalue weighted by atomic mass is 10.2. The molecule has 3 N–H and O–H groups in total. The van der Waals surface area contributed by atoms with E-state index in [-0.39, 0.29) is 17.4 Å². The van der Waals surface area contributed by atoms with Crippen LogP contribution in [0.3, 0.4) is 0 Å². The van der Waals surface area contributed by atoms with Crippen molar-refractivity contribution >= 4 is 5.84 Å². The molecule has 92 valence electrons. The molecule has 2 rings (SSSR count). The predicted molar refractivity (Wildman–Crippen MR) is 65.8 cm³/mol. The number of amidine groups is 1.